The number of benzene rings is 1. The fourth-order valence-corrected chi connectivity index (χ4v) is 2.42. The van der Waals surface area contributed by atoms with Crippen LogP contribution in [0.25, 0.3) is 0 Å². The Morgan fingerprint density at radius 1 is 1.05 bits per heavy atom. The molecule has 1 heterocycles. The van der Waals surface area contributed by atoms with Crippen LogP contribution in [0.15, 0.2) is 30.6 Å². The van der Waals surface area contributed by atoms with Crippen molar-refractivity contribution >= 4 is 0 Å². The van der Waals surface area contributed by atoms with Gasteiger partial charge in [0.25, 0.3) is 0 Å². The molecule has 0 aliphatic carbocycles. The van der Waals surface area contributed by atoms with E-state index in [0.29, 0.717) is 0 Å². The lowest BCUT2D eigenvalue weighted by Gasteiger charge is -2.19. The van der Waals surface area contributed by atoms with Crippen molar-refractivity contribution in [2.24, 2.45) is 5.73 Å². The third-order valence-electron chi connectivity index (χ3n) is 3.28. The van der Waals surface area contributed by atoms with Gasteiger partial charge in [-0.1, -0.05) is 12.1 Å². The number of methoxy groups -OCH3 is 1. The molecule has 0 saturated heterocycles. The zero-order valence-electron chi connectivity index (χ0n) is 11.9. The number of rotatable bonds is 3. The number of hydrogen-bond acceptors (Lipinski definition) is 3. The molecule has 0 bridgehead atoms. The summed E-state index contributed by atoms with van der Waals surface area (Å²) in [5.41, 5.74) is 11.9. The highest BCUT2D eigenvalue weighted by Crippen LogP contribution is 2.32. The first-order valence-electron chi connectivity index (χ1n) is 6.35. The molecule has 3 heteroatoms. The quantitative estimate of drug-likeness (QED) is 0.918. The van der Waals surface area contributed by atoms with Crippen LogP contribution in [0.5, 0.6) is 5.75 Å². The van der Waals surface area contributed by atoms with Gasteiger partial charge in [-0.15, -0.1) is 0 Å². The van der Waals surface area contributed by atoms with E-state index >= 15 is 0 Å². The topological polar surface area (TPSA) is 48.1 Å². The Morgan fingerprint density at radius 3 is 2.42 bits per heavy atom. The van der Waals surface area contributed by atoms with E-state index in [1.54, 1.807) is 7.11 Å². The lowest BCUT2D eigenvalue weighted by Crippen LogP contribution is -2.15. The van der Waals surface area contributed by atoms with Gasteiger partial charge in [-0.2, -0.15) is 0 Å². The van der Waals surface area contributed by atoms with Gasteiger partial charge in [0, 0.05) is 18.0 Å². The van der Waals surface area contributed by atoms with E-state index in [4.69, 9.17) is 10.5 Å². The normalized spacial score (nSPS) is 12.3. The van der Waals surface area contributed by atoms with E-state index in [0.717, 1.165) is 28.0 Å². The first-order valence-corrected chi connectivity index (χ1v) is 6.35. The highest BCUT2D eigenvalue weighted by Gasteiger charge is 2.17. The predicted octanol–water partition coefficient (Wildman–Crippen LogP) is 3.06. The number of nitrogens with two attached hydrogens (primary N) is 1. The van der Waals surface area contributed by atoms with E-state index in [2.05, 4.69) is 31.0 Å². The standard InChI is InChI=1S/C16H20N2O/c1-10-5-12(3)15(14(7-10)19-4)16(17)13-6-11(2)8-18-9-13/h5-9,16H,17H2,1-4H3. The number of pyridine rings is 1. The molecule has 0 radical (unpaired) electrons. The summed E-state index contributed by atoms with van der Waals surface area (Å²) in [5, 5.41) is 0. The summed E-state index contributed by atoms with van der Waals surface area (Å²) in [6, 6.07) is 5.99. The summed E-state index contributed by atoms with van der Waals surface area (Å²) in [6.07, 6.45) is 3.64. The molecule has 1 aromatic carbocycles. The Hall–Kier alpha value is -1.87. The van der Waals surface area contributed by atoms with E-state index in [9.17, 15) is 0 Å². The third kappa shape index (κ3) is 2.76. The van der Waals surface area contributed by atoms with Crippen LogP contribution in [0.3, 0.4) is 0 Å². The summed E-state index contributed by atoms with van der Waals surface area (Å²) in [5.74, 6) is 0.839. The Bertz CT molecular complexity index is 593. The van der Waals surface area contributed by atoms with Crippen molar-refractivity contribution in [1.82, 2.24) is 4.98 Å². The molecule has 0 aliphatic heterocycles. The second-order valence-corrected chi connectivity index (χ2v) is 4.97. The van der Waals surface area contributed by atoms with Crippen molar-refractivity contribution in [3.63, 3.8) is 0 Å². The van der Waals surface area contributed by atoms with E-state index in [1.807, 2.05) is 25.4 Å². The summed E-state index contributed by atoms with van der Waals surface area (Å²) >= 11 is 0. The molecule has 0 spiro atoms. The number of hydrogen-bond donors (Lipinski definition) is 1. The molecule has 0 aliphatic rings. The zero-order chi connectivity index (χ0) is 14.0. The zero-order valence-corrected chi connectivity index (χ0v) is 11.9. The van der Waals surface area contributed by atoms with Crippen LogP contribution < -0.4 is 10.5 Å². The Labute approximate surface area is 114 Å². The second kappa shape index (κ2) is 5.41. The first kappa shape index (κ1) is 13.6. The van der Waals surface area contributed by atoms with Crippen LogP contribution in [0.1, 0.15) is 33.9 Å². The van der Waals surface area contributed by atoms with Crippen molar-refractivity contribution in [3.8, 4) is 5.75 Å². The van der Waals surface area contributed by atoms with Crippen LogP contribution in [-0.4, -0.2) is 12.1 Å². The molecule has 2 aromatic rings. The molecule has 19 heavy (non-hydrogen) atoms. The van der Waals surface area contributed by atoms with E-state index in [-0.39, 0.29) is 6.04 Å². The van der Waals surface area contributed by atoms with Gasteiger partial charge in [0.05, 0.1) is 13.2 Å². The van der Waals surface area contributed by atoms with Gasteiger partial charge in [-0.05, 0) is 49.1 Å². The third-order valence-corrected chi connectivity index (χ3v) is 3.28. The molecule has 0 saturated carbocycles. The number of ether oxygens (including phenoxy) is 1. The van der Waals surface area contributed by atoms with Gasteiger partial charge in [0.2, 0.25) is 0 Å². The van der Waals surface area contributed by atoms with Crippen molar-refractivity contribution in [1.29, 1.82) is 0 Å². The molecule has 2 N–H and O–H groups in total. The maximum absolute atomic E-state index is 6.39. The van der Waals surface area contributed by atoms with E-state index in [1.165, 1.54) is 5.56 Å². The van der Waals surface area contributed by atoms with Crippen LogP contribution in [0, 0.1) is 20.8 Å². The van der Waals surface area contributed by atoms with E-state index < -0.39 is 0 Å². The molecule has 1 aromatic heterocycles. The SMILES string of the molecule is COc1cc(C)cc(C)c1C(N)c1cncc(C)c1. The Balaban J connectivity index is 2.52. The molecular weight excluding hydrogens is 236 g/mol. The highest BCUT2D eigenvalue weighted by atomic mass is 16.5. The minimum absolute atomic E-state index is 0.219. The summed E-state index contributed by atoms with van der Waals surface area (Å²) in [6.45, 7) is 6.13. The van der Waals surface area contributed by atoms with Gasteiger partial charge in [0.15, 0.2) is 0 Å². The largest absolute Gasteiger partial charge is 0.496 e. The summed E-state index contributed by atoms with van der Waals surface area (Å²) in [7, 11) is 1.68. The Morgan fingerprint density at radius 2 is 1.79 bits per heavy atom. The molecule has 1 atom stereocenters. The molecule has 100 valence electrons. The molecule has 0 fully saturated rings. The monoisotopic (exact) mass is 256 g/mol. The molecule has 2 rings (SSSR count). The van der Waals surface area contributed by atoms with Crippen molar-refractivity contribution in [2.75, 3.05) is 7.11 Å². The van der Waals surface area contributed by atoms with Crippen LogP contribution in [0.4, 0.5) is 0 Å². The number of nitrogens with zero attached hydrogens (tertiary/aromatic N) is 1. The number of aryl methyl sites for hydroxylation is 3. The van der Waals surface area contributed by atoms with Gasteiger partial charge in [-0.25, -0.2) is 0 Å². The van der Waals surface area contributed by atoms with Crippen LogP contribution >= 0.6 is 0 Å². The maximum atomic E-state index is 6.39. The fraction of sp³-hybridized carbons (Fsp3) is 0.312. The van der Waals surface area contributed by atoms with Crippen LogP contribution in [0.2, 0.25) is 0 Å². The van der Waals surface area contributed by atoms with Crippen molar-refractivity contribution in [3.05, 3.63) is 58.4 Å². The lowest BCUT2D eigenvalue weighted by atomic mass is 9.94. The van der Waals surface area contributed by atoms with Crippen LogP contribution in [-0.2, 0) is 0 Å². The molecular formula is C16H20N2O. The average molecular weight is 256 g/mol. The minimum atomic E-state index is -0.219. The number of aromatic nitrogens is 1. The molecule has 1 unspecified atom stereocenters. The van der Waals surface area contributed by atoms with Gasteiger partial charge < -0.3 is 10.5 Å². The summed E-state index contributed by atoms with van der Waals surface area (Å²) in [4.78, 5) is 4.21. The fourth-order valence-electron chi connectivity index (χ4n) is 2.42. The lowest BCUT2D eigenvalue weighted by molar-refractivity contribution is 0.407. The summed E-state index contributed by atoms with van der Waals surface area (Å²) < 4.78 is 5.48. The first-order chi connectivity index (χ1) is 9.02. The predicted molar refractivity (Wildman–Crippen MR) is 77.5 cm³/mol. The van der Waals surface area contributed by atoms with Crippen molar-refractivity contribution < 1.29 is 4.74 Å². The van der Waals surface area contributed by atoms with Gasteiger partial charge >= 0.3 is 0 Å². The highest BCUT2D eigenvalue weighted by molar-refractivity contribution is 5.48. The smallest absolute Gasteiger partial charge is 0.124 e. The maximum Gasteiger partial charge on any atom is 0.124 e. The minimum Gasteiger partial charge on any atom is -0.496 e. The second-order valence-electron chi connectivity index (χ2n) is 4.97. The Kier molecular flexibility index (Phi) is 3.86. The molecule has 0 amide bonds. The average Bonchev–Trinajstić information content (AvgIpc) is 2.37. The van der Waals surface area contributed by atoms with Gasteiger partial charge in [-0.3, -0.25) is 4.98 Å². The molecule has 3 nitrogen and oxygen atoms in total. The van der Waals surface area contributed by atoms with Crippen molar-refractivity contribution in [2.45, 2.75) is 26.8 Å². The van der Waals surface area contributed by atoms with Gasteiger partial charge in [0.1, 0.15) is 5.75 Å².